The summed E-state index contributed by atoms with van der Waals surface area (Å²) in [6.45, 7) is 4.47. The molecule has 34 heavy (non-hydrogen) atoms. The topological polar surface area (TPSA) is 57.8 Å². The van der Waals surface area contributed by atoms with E-state index in [1.165, 1.54) is 0 Å². The third-order valence-corrected chi connectivity index (χ3v) is 6.64. The molecule has 3 aromatic carbocycles. The molecule has 6 heteroatoms. The number of rotatable bonds is 6. The van der Waals surface area contributed by atoms with E-state index in [1.54, 1.807) is 12.1 Å². The van der Waals surface area contributed by atoms with Crippen molar-refractivity contribution in [2.45, 2.75) is 26.4 Å². The SMILES string of the molecule is Cc1c(/C=C(\C#N)C(=O)N[C@@H](C)c2ccccc2)c2ccccc2n1Cc1ccc(Cl)c(Cl)c1. The quantitative estimate of drug-likeness (QED) is 0.233. The number of nitrogens with zero attached hydrogens (tertiary/aromatic N) is 2. The van der Waals surface area contributed by atoms with Crippen LogP contribution in [0.3, 0.4) is 0 Å². The normalized spacial score (nSPS) is 12.4. The Morgan fingerprint density at radius 2 is 1.76 bits per heavy atom. The average Bonchev–Trinajstić information content (AvgIpc) is 3.10. The molecule has 0 spiro atoms. The molecule has 1 N–H and O–H groups in total. The van der Waals surface area contributed by atoms with Crippen molar-refractivity contribution in [1.82, 2.24) is 9.88 Å². The highest BCUT2D eigenvalue weighted by Gasteiger charge is 2.18. The maximum absolute atomic E-state index is 12.9. The average molecular weight is 488 g/mol. The lowest BCUT2D eigenvalue weighted by Crippen LogP contribution is -2.27. The van der Waals surface area contributed by atoms with Crippen LogP contribution in [-0.2, 0) is 11.3 Å². The molecule has 1 atom stereocenters. The van der Waals surface area contributed by atoms with Gasteiger partial charge in [0, 0.05) is 28.7 Å². The van der Waals surface area contributed by atoms with E-state index < -0.39 is 5.91 Å². The number of benzene rings is 3. The van der Waals surface area contributed by atoms with Crippen LogP contribution >= 0.6 is 23.2 Å². The first-order chi connectivity index (χ1) is 16.4. The van der Waals surface area contributed by atoms with Crippen LogP contribution in [0.4, 0.5) is 0 Å². The van der Waals surface area contributed by atoms with Crippen molar-refractivity contribution in [3.8, 4) is 6.07 Å². The van der Waals surface area contributed by atoms with Gasteiger partial charge in [0.25, 0.3) is 5.91 Å². The van der Waals surface area contributed by atoms with Gasteiger partial charge in [-0.05, 0) is 49.2 Å². The molecule has 0 saturated carbocycles. The van der Waals surface area contributed by atoms with E-state index in [-0.39, 0.29) is 11.6 Å². The van der Waals surface area contributed by atoms with E-state index in [0.29, 0.717) is 16.6 Å². The van der Waals surface area contributed by atoms with Crippen molar-refractivity contribution in [2.75, 3.05) is 0 Å². The minimum absolute atomic E-state index is 0.0586. The largest absolute Gasteiger partial charge is 0.345 e. The number of nitriles is 1. The first-order valence-corrected chi connectivity index (χ1v) is 11.6. The summed E-state index contributed by atoms with van der Waals surface area (Å²) in [5.74, 6) is -0.403. The van der Waals surface area contributed by atoms with Gasteiger partial charge < -0.3 is 9.88 Å². The molecule has 4 aromatic rings. The van der Waals surface area contributed by atoms with Gasteiger partial charge in [-0.1, -0.05) is 77.8 Å². The number of fused-ring (bicyclic) bond motifs is 1. The van der Waals surface area contributed by atoms with Gasteiger partial charge in [-0.3, -0.25) is 4.79 Å². The van der Waals surface area contributed by atoms with Gasteiger partial charge in [0.05, 0.1) is 16.1 Å². The standard InChI is InChI=1S/C28H23Cl2N3O/c1-18(21-8-4-3-5-9-21)32-28(34)22(16-31)15-24-19(2)33(27-11-7-6-10-23(24)27)17-20-12-13-25(29)26(30)14-20/h3-15,18H,17H2,1-2H3,(H,32,34)/b22-15+/t18-/m0/s1. The Kier molecular flexibility index (Phi) is 7.07. The molecule has 0 fully saturated rings. The number of para-hydroxylation sites is 1. The smallest absolute Gasteiger partial charge is 0.262 e. The van der Waals surface area contributed by atoms with Gasteiger partial charge in [-0.25, -0.2) is 0 Å². The molecule has 1 heterocycles. The molecule has 0 saturated heterocycles. The number of carbonyl (C=O) groups is 1. The maximum Gasteiger partial charge on any atom is 0.262 e. The zero-order valence-electron chi connectivity index (χ0n) is 18.8. The Labute approximate surface area is 209 Å². The van der Waals surface area contributed by atoms with E-state index in [9.17, 15) is 10.1 Å². The molecule has 0 bridgehead atoms. The molecule has 0 unspecified atom stereocenters. The molecule has 1 amide bonds. The van der Waals surface area contributed by atoms with Crippen LogP contribution in [-0.4, -0.2) is 10.5 Å². The summed E-state index contributed by atoms with van der Waals surface area (Å²) in [4.78, 5) is 12.9. The molecule has 0 radical (unpaired) electrons. The summed E-state index contributed by atoms with van der Waals surface area (Å²) < 4.78 is 2.15. The Morgan fingerprint density at radius 3 is 2.47 bits per heavy atom. The molecule has 1 aromatic heterocycles. The van der Waals surface area contributed by atoms with Crippen molar-refractivity contribution in [3.63, 3.8) is 0 Å². The second-order valence-electron chi connectivity index (χ2n) is 8.13. The van der Waals surface area contributed by atoms with Gasteiger partial charge in [-0.2, -0.15) is 5.26 Å². The maximum atomic E-state index is 12.9. The van der Waals surface area contributed by atoms with Crippen LogP contribution in [0.15, 0.2) is 78.4 Å². The third kappa shape index (κ3) is 4.87. The number of hydrogen-bond donors (Lipinski definition) is 1. The van der Waals surface area contributed by atoms with E-state index in [0.717, 1.165) is 33.3 Å². The zero-order chi connectivity index (χ0) is 24.2. The number of carbonyl (C=O) groups excluding carboxylic acids is 1. The Bertz CT molecular complexity index is 1430. The van der Waals surface area contributed by atoms with Gasteiger partial charge in [0.1, 0.15) is 11.6 Å². The number of nitrogens with one attached hydrogen (secondary N) is 1. The fourth-order valence-electron chi connectivity index (χ4n) is 4.06. The molecular formula is C28H23Cl2N3O. The number of hydrogen-bond acceptors (Lipinski definition) is 2. The van der Waals surface area contributed by atoms with Crippen LogP contribution in [0.2, 0.25) is 10.0 Å². The summed E-state index contributed by atoms with van der Waals surface area (Å²) >= 11 is 12.3. The van der Waals surface area contributed by atoms with Gasteiger partial charge in [0.15, 0.2) is 0 Å². The summed E-state index contributed by atoms with van der Waals surface area (Å²) in [6, 6.07) is 25.1. The number of halogens is 2. The highest BCUT2D eigenvalue weighted by atomic mass is 35.5. The monoisotopic (exact) mass is 487 g/mol. The first-order valence-electron chi connectivity index (χ1n) is 10.9. The van der Waals surface area contributed by atoms with Gasteiger partial charge in [-0.15, -0.1) is 0 Å². The molecular weight excluding hydrogens is 465 g/mol. The Balaban J connectivity index is 1.70. The minimum atomic E-state index is -0.403. The van der Waals surface area contributed by atoms with Crippen LogP contribution in [0.25, 0.3) is 17.0 Å². The Morgan fingerprint density at radius 1 is 1.06 bits per heavy atom. The van der Waals surface area contributed by atoms with E-state index in [2.05, 4.69) is 16.0 Å². The predicted molar refractivity (Wildman–Crippen MR) is 139 cm³/mol. The molecule has 4 rings (SSSR count). The summed E-state index contributed by atoms with van der Waals surface area (Å²) in [5.41, 5.74) is 4.83. The van der Waals surface area contributed by atoms with Gasteiger partial charge >= 0.3 is 0 Å². The fourth-order valence-corrected chi connectivity index (χ4v) is 4.38. The lowest BCUT2D eigenvalue weighted by atomic mass is 10.1. The third-order valence-electron chi connectivity index (χ3n) is 5.91. The van der Waals surface area contributed by atoms with Crippen LogP contribution in [0, 0.1) is 18.3 Å². The fraction of sp³-hybridized carbons (Fsp3) is 0.143. The summed E-state index contributed by atoms with van der Waals surface area (Å²) in [5, 5.41) is 14.7. The summed E-state index contributed by atoms with van der Waals surface area (Å²) in [6.07, 6.45) is 1.68. The summed E-state index contributed by atoms with van der Waals surface area (Å²) in [7, 11) is 0. The molecule has 4 nitrogen and oxygen atoms in total. The van der Waals surface area contributed by atoms with Crippen molar-refractivity contribution in [2.24, 2.45) is 0 Å². The second-order valence-corrected chi connectivity index (χ2v) is 8.94. The Hall–Kier alpha value is -3.52. The van der Waals surface area contributed by atoms with Crippen LogP contribution < -0.4 is 5.32 Å². The highest BCUT2D eigenvalue weighted by molar-refractivity contribution is 6.42. The van der Waals surface area contributed by atoms with Crippen molar-refractivity contribution < 1.29 is 4.79 Å². The molecule has 0 aliphatic rings. The second kappa shape index (κ2) is 10.2. The molecule has 170 valence electrons. The highest BCUT2D eigenvalue weighted by Crippen LogP contribution is 2.30. The van der Waals surface area contributed by atoms with Gasteiger partial charge in [0.2, 0.25) is 0 Å². The minimum Gasteiger partial charge on any atom is -0.345 e. The lowest BCUT2D eigenvalue weighted by molar-refractivity contribution is -0.117. The van der Waals surface area contributed by atoms with Crippen molar-refractivity contribution >= 4 is 46.1 Å². The van der Waals surface area contributed by atoms with Crippen LogP contribution in [0.1, 0.15) is 35.3 Å². The predicted octanol–water partition coefficient (Wildman–Crippen LogP) is 7.09. The number of aromatic nitrogens is 1. The zero-order valence-corrected chi connectivity index (χ0v) is 20.4. The van der Waals surface area contributed by atoms with Crippen LogP contribution in [0.5, 0.6) is 0 Å². The van der Waals surface area contributed by atoms with Crippen molar-refractivity contribution in [3.05, 3.63) is 111 Å². The van der Waals surface area contributed by atoms with E-state index >= 15 is 0 Å². The van der Waals surface area contributed by atoms with Crippen molar-refractivity contribution in [1.29, 1.82) is 5.26 Å². The van der Waals surface area contributed by atoms with E-state index in [1.807, 2.05) is 80.6 Å². The lowest BCUT2D eigenvalue weighted by Gasteiger charge is -2.13. The first kappa shape index (κ1) is 23.6. The van der Waals surface area contributed by atoms with E-state index in [4.69, 9.17) is 23.2 Å². The molecule has 0 aliphatic carbocycles. The number of amides is 1. The molecule has 0 aliphatic heterocycles.